The van der Waals surface area contributed by atoms with Gasteiger partial charge in [0.25, 0.3) is 5.91 Å². The van der Waals surface area contributed by atoms with E-state index in [0.717, 1.165) is 0 Å². The highest BCUT2D eigenvalue weighted by atomic mass is 16.5. The van der Waals surface area contributed by atoms with Gasteiger partial charge in [0.1, 0.15) is 5.60 Å². The summed E-state index contributed by atoms with van der Waals surface area (Å²) in [6, 6.07) is 1.64. The average Bonchev–Trinajstić information content (AvgIpc) is 2.78. The van der Waals surface area contributed by atoms with E-state index in [0.29, 0.717) is 51.6 Å². The smallest absolute Gasteiger partial charge is 0.255 e. The minimum Gasteiger partial charge on any atom is -0.376 e. The van der Waals surface area contributed by atoms with Crippen molar-refractivity contribution in [3.63, 3.8) is 0 Å². The van der Waals surface area contributed by atoms with Crippen LogP contribution in [0.15, 0.2) is 18.5 Å². The van der Waals surface area contributed by atoms with Crippen molar-refractivity contribution in [2.24, 2.45) is 0 Å². The Bertz CT molecular complexity index is 582. The Kier molecular flexibility index (Phi) is 4.53. The lowest BCUT2D eigenvalue weighted by Gasteiger charge is -2.43. The number of carbonyl (C=O) groups excluding carboxylic acids is 2. The molecule has 2 fully saturated rings. The fraction of sp³-hybridized carbons (Fsp3) is 0.600. The van der Waals surface area contributed by atoms with Crippen LogP contribution >= 0.6 is 0 Å². The number of nitrogens with zero attached hydrogens (tertiary/aromatic N) is 4. The Balaban J connectivity index is 1.76. The van der Waals surface area contributed by atoms with Crippen molar-refractivity contribution < 1.29 is 19.1 Å². The molecule has 2 saturated heterocycles. The summed E-state index contributed by atoms with van der Waals surface area (Å²) in [6.45, 7) is 4.67. The van der Waals surface area contributed by atoms with Gasteiger partial charge in [-0.1, -0.05) is 0 Å². The molecule has 1 spiro atoms. The summed E-state index contributed by atoms with van der Waals surface area (Å²) in [5.41, 5.74) is -0.175. The number of carbonyl (C=O) groups is 2. The molecule has 1 atom stereocenters. The van der Waals surface area contributed by atoms with E-state index in [-0.39, 0.29) is 11.8 Å². The fourth-order valence-corrected chi connectivity index (χ4v) is 2.98. The third-order valence-electron chi connectivity index (χ3n) is 4.16. The molecule has 2 aliphatic rings. The van der Waals surface area contributed by atoms with Gasteiger partial charge in [-0.3, -0.25) is 9.59 Å². The average molecular weight is 320 g/mol. The van der Waals surface area contributed by atoms with Gasteiger partial charge in [-0.2, -0.15) is 10.2 Å². The van der Waals surface area contributed by atoms with Gasteiger partial charge in [0.15, 0.2) is 0 Å². The number of ether oxygens (including phenoxy) is 2. The molecule has 1 unspecified atom stereocenters. The van der Waals surface area contributed by atoms with Crippen molar-refractivity contribution in [2.45, 2.75) is 12.5 Å². The lowest BCUT2D eigenvalue weighted by atomic mass is 10.0. The predicted molar refractivity (Wildman–Crippen MR) is 79.7 cm³/mol. The van der Waals surface area contributed by atoms with E-state index in [9.17, 15) is 9.59 Å². The molecule has 0 bridgehead atoms. The molecule has 0 aliphatic carbocycles. The summed E-state index contributed by atoms with van der Waals surface area (Å²) in [5.74, 6) is -0.124. The SMILES string of the molecule is CC(=O)N1CCOCC2(C1)CN(C(=O)c1ccnnc1)CCO2. The third kappa shape index (κ3) is 3.48. The lowest BCUT2D eigenvalue weighted by molar-refractivity contribution is -0.145. The number of morpholine rings is 1. The monoisotopic (exact) mass is 320 g/mol. The third-order valence-corrected chi connectivity index (χ3v) is 4.16. The van der Waals surface area contributed by atoms with Crippen molar-refractivity contribution in [1.82, 2.24) is 20.0 Å². The van der Waals surface area contributed by atoms with Gasteiger partial charge in [-0.05, 0) is 6.07 Å². The van der Waals surface area contributed by atoms with Crippen molar-refractivity contribution in [3.05, 3.63) is 24.0 Å². The molecule has 2 aliphatic heterocycles. The molecule has 1 aromatic rings. The summed E-state index contributed by atoms with van der Waals surface area (Å²) >= 11 is 0. The van der Waals surface area contributed by atoms with Crippen molar-refractivity contribution in [1.29, 1.82) is 0 Å². The zero-order chi connectivity index (χ0) is 16.3. The second kappa shape index (κ2) is 6.59. The molecule has 1 aromatic heterocycles. The number of rotatable bonds is 1. The molecule has 0 N–H and O–H groups in total. The highest BCUT2D eigenvalue weighted by Gasteiger charge is 2.42. The largest absolute Gasteiger partial charge is 0.376 e. The second-order valence-corrected chi connectivity index (χ2v) is 5.88. The minimum absolute atomic E-state index is 0.0136. The van der Waals surface area contributed by atoms with Gasteiger partial charge < -0.3 is 19.3 Å². The van der Waals surface area contributed by atoms with Crippen molar-refractivity contribution >= 4 is 11.8 Å². The number of hydrogen-bond acceptors (Lipinski definition) is 6. The van der Waals surface area contributed by atoms with E-state index in [4.69, 9.17) is 9.47 Å². The predicted octanol–water partition coefficient (Wildman–Crippen LogP) is -0.433. The quantitative estimate of drug-likeness (QED) is 0.698. The maximum absolute atomic E-state index is 12.6. The Hall–Kier alpha value is -2.06. The van der Waals surface area contributed by atoms with E-state index < -0.39 is 5.60 Å². The van der Waals surface area contributed by atoms with Gasteiger partial charge >= 0.3 is 0 Å². The Morgan fingerprint density at radius 1 is 1.17 bits per heavy atom. The summed E-state index contributed by atoms with van der Waals surface area (Å²) in [4.78, 5) is 27.8. The van der Waals surface area contributed by atoms with Crippen LogP contribution in [0.2, 0.25) is 0 Å². The van der Waals surface area contributed by atoms with Crippen LogP contribution in [-0.2, 0) is 14.3 Å². The van der Waals surface area contributed by atoms with Crippen molar-refractivity contribution in [3.8, 4) is 0 Å². The zero-order valence-electron chi connectivity index (χ0n) is 13.1. The highest BCUT2D eigenvalue weighted by Crippen LogP contribution is 2.23. The van der Waals surface area contributed by atoms with Gasteiger partial charge in [0, 0.05) is 20.0 Å². The molecule has 3 heterocycles. The maximum atomic E-state index is 12.6. The van der Waals surface area contributed by atoms with Crippen LogP contribution < -0.4 is 0 Å². The summed E-state index contributed by atoms with van der Waals surface area (Å²) in [6.07, 6.45) is 2.95. The first kappa shape index (κ1) is 15.8. The zero-order valence-corrected chi connectivity index (χ0v) is 13.1. The summed E-state index contributed by atoms with van der Waals surface area (Å²) < 4.78 is 11.6. The summed E-state index contributed by atoms with van der Waals surface area (Å²) in [5, 5.41) is 7.44. The van der Waals surface area contributed by atoms with Crippen LogP contribution in [0, 0.1) is 0 Å². The Morgan fingerprint density at radius 2 is 1.96 bits per heavy atom. The molecule has 3 rings (SSSR count). The Labute approximate surface area is 134 Å². The minimum atomic E-state index is -0.670. The molecule has 0 radical (unpaired) electrons. The van der Waals surface area contributed by atoms with Gasteiger partial charge in [0.2, 0.25) is 5.91 Å². The topological polar surface area (TPSA) is 84.9 Å². The Morgan fingerprint density at radius 3 is 2.70 bits per heavy atom. The number of aromatic nitrogens is 2. The van der Waals surface area contributed by atoms with Crippen LogP contribution in [0.3, 0.4) is 0 Å². The molecular weight excluding hydrogens is 300 g/mol. The molecule has 8 heteroatoms. The molecule has 0 aromatic carbocycles. The molecule has 0 saturated carbocycles. The van der Waals surface area contributed by atoms with Crippen LogP contribution in [0.4, 0.5) is 0 Å². The fourth-order valence-electron chi connectivity index (χ4n) is 2.98. The second-order valence-electron chi connectivity index (χ2n) is 5.88. The molecular formula is C15H20N4O4. The van der Waals surface area contributed by atoms with Crippen molar-refractivity contribution in [2.75, 3.05) is 46.0 Å². The van der Waals surface area contributed by atoms with E-state index in [2.05, 4.69) is 10.2 Å². The number of hydrogen-bond donors (Lipinski definition) is 0. The first-order valence-corrected chi connectivity index (χ1v) is 7.63. The molecule has 124 valence electrons. The van der Waals surface area contributed by atoms with E-state index in [1.165, 1.54) is 19.3 Å². The van der Waals surface area contributed by atoms with E-state index in [1.807, 2.05) is 0 Å². The van der Waals surface area contributed by atoms with Crippen LogP contribution in [-0.4, -0.2) is 83.4 Å². The van der Waals surface area contributed by atoms with Crippen LogP contribution in [0.25, 0.3) is 0 Å². The summed E-state index contributed by atoms with van der Waals surface area (Å²) in [7, 11) is 0. The maximum Gasteiger partial charge on any atom is 0.255 e. The normalized spacial score (nSPS) is 25.3. The van der Waals surface area contributed by atoms with E-state index >= 15 is 0 Å². The van der Waals surface area contributed by atoms with Crippen LogP contribution in [0.5, 0.6) is 0 Å². The van der Waals surface area contributed by atoms with Crippen LogP contribution in [0.1, 0.15) is 17.3 Å². The first-order chi connectivity index (χ1) is 11.1. The standard InChI is InChI=1S/C15H20N4O4/c1-12(20)18-4-6-22-11-15(9-18)10-19(5-7-23-15)14(21)13-2-3-16-17-8-13/h2-3,8H,4-7,9-11H2,1H3. The molecule has 23 heavy (non-hydrogen) atoms. The molecule has 8 nitrogen and oxygen atoms in total. The van der Waals surface area contributed by atoms with Gasteiger partial charge in [-0.25, -0.2) is 0 Å². The molecule has 2 amide bonds. The first-order valence-electron chi connectivity index (χ1n) is 7.63. The lowest BCUT2D eigenvalue weighted by Crippen LogP contribution is -2.60. The van der Waals surface area contributed by atoms with Gasteiger partial charge in [0.05, 0.1) is 50.9 Å². The van der Waals surface area contributed by atoms with Gasteiger partial charge in [-0.15, -0.1) is 0 Å². The highest BCUT2D eigenvalue weighted by molar-refractivity contribution is 5.93. The van der Waals surface area contributed by atoms with E-state index in [1.54, 1.807) is 15.9 Å². The number of amides is 2.